The van der Waals surface area contributed by atoms with Gasteiger partial charge in [-0.15, -0.1) is 0 Å². The molecule has 1 aromatic rings. The van der Waals surface area contributed by atoms with E-state index in [1.54, 1.807) is 41.2 Å². The molecule has 26 heavy (non-hydrogen) atoms. The smallest absolute Gasteiger partial charge is 0.319 e. The summed E-state index contributed by atoms with van der Waals surface area (Å²) < 4.78 is 5.09. The largest absolute Gasteiger partial charge is 0.497 e. The second-order valence-corrected chi connectivity index (χ2v) is 6.96. The molecule has 8 heteroatoms. The van der Waals surface area contributed by atoms with Crippen LogP contribution in [0.3, 0.4) is 0 Å². The first kappa shape index (κ1) is 16.7. The molecule has 3 atom stereocenters. The van der Waals surface area contributed by atoms with Crippen LogP contribution in [-0.4, -0.2) is 66.0 Å². The predicted octanol–water partition coefficient (Wildman–Crippen LogP) is 0.791. The Hall–Kier alpha value is -2.77. The lowest BCUT2D eigenvalue weighted by Crippen LogP contribution is -2.60. The summed E-state index contributed by atoms with van der Waals surface area (Å²) in [6.07, 6.45) is 2.09. The summed E-state index contributed by atoms with van der Waals surface area (Å²) in [7, 11) is 1.58. The van der Waals surface area contributed by atoms with E-state index in [9.17, 15) is 14.4 Å². The highest BCUT2D eigenvalue weighted by atomic mass is 16.5. The molecule has 0 aromatic heterocycles. The monoisotopic (exact) mass is 358 g/mol. The molecule has 3 aliphatic heterocycles. The number of carbonyl (C=O) groups excluding carboxylic acids is 3. The van der Waals surface area contributed by atoms with Crippen LogP contribution in [0, 0.1) is 0 Å². The fourth-order valence-corrected chi connectivity index (χ4v) is 4.12. The summed E-state index contributed by atoms with van der Waals surface area (Å²) in [5.41, 5.74) is 0.645. The van der Waals surface area contributed by atoms with E-state index in [4.69, 9.17) is 4.74 Å². The van der Waals surface area contributed by atoms with Crippen LogP contribution in [-0.2, 0) is 9.59 Å². The zero-order valence-corrected chi connectivity index (χ0v) is 14.6. The third-order valence-electron chi connectivity index (χ3n) is 5.37. The van der Waals surface area contributed by atoms with Gasteiger partial charge in [0.05, 0.1) is 13.2 Å². The Balaban J connectivity index is 1.37. The van der Waals surface area contributed by atoms with Gasteiger partial charge in [0.25, 0.3) is 0 Å². The number of fused-ring (bicyclic) bond motifs is 2. The van der Waals surface area contributed by atoms with Gasteiger partial charge in [-0.25, -0.2) is 4.79 Å². The summed E-state index contributed by atoms with van der Waals surface area (Å²) >= 11 is 0. The van der Waals surface area contributed by atoms with Crippen LogP contribution < -0.4 is 15.4 Å². The fourth-order valence-electron chi connectivity index (χ4n) is 4.12. The Labute approximate surface area is 151 Å². The standard InChI is InChI=1S/C18H22N4O4/c1-26-13-6-4-11(5-7-13)19-18(25)20-12-9-15-17(24)21-8-2-3-14(21)16(23)22(15)10-12/h4-7,12,14-15H,2-3,8-10H2,1H3,(H2,19,20,25)/t12-,14+,15-/m0/s1. The normalized spacial score (nSPS) is 27.2. The van der Waals surface area contributed by atoms with E-state index in [0.717, 1.165) is 12.8 Å². The molecule has 0 spiro atoms. The maximum absolute atomic E-state index is 12.6. The molecular formula is C18H22N4O4. The van der Waals surface area contributed by atoms with E-state index >= 15 is 0 Å². The van der Waals surface area contributed by atoms with Crippen molar-refractivity contribution in [2.75, 3.05) is 25.5 Å². The number of carbonyl (C=O) groups is 3. The van der Waals surface area contributed by atoms with Crippen molar-refractivity contribution in [1.29, 1.82) is 0 Å². The summed E-state index contributed by atoms with van der Waals surface area (Å²) in [4.78, 5) is 40.8. The minimum atomic E-state index is -0.442. The molecule has 3 aliphatic rings. The molecule has 0 radical (unpaired) electrons. The maximum Gasteiger partial charge on any atom is 0.319 e. The van der Waals surface area contributed by atoms with Crippen molar-refractivity contribution >= 4 is 23.5 Å². The van der Waals surface area contributed by atoms with Gasteiger partial charge in [0.1, 0.15) is 17.8 Å². The molecule has 0 bridgehead atoms. The molecule has 2 N–H and O–H groups in total. The van der Waals surface area contributed by atoms with Crippen molar-refractivity contribution < 1.29 is 19.1 Å². The zero-order chi connectivity index (χ0) is 18.3. The lowest BCUT2D eigenvalue weighted by molar-refractivity contribution is -0.156. The molecule has 1 aromatic carbocycles. The van der Waals surface area contributed by atoms with Gasteiger partial charge in [-0.3, -0.25) is 9.59 Å². The Bertz CT molecular complexity index is 705. The second kappa shape index (κ2) is 6.51. The maximum atomic E-state index is 12.6. The summed E-state index contributed by atoms with van der Waals surface area (Å²) in [6, 6.07) is 5.70. The van der Waals surface area contributed by atoms with Crippen LogP contribution in [0.2, 0.25) is 0 Å². The number of nitrogens with zero attached hydrogens (tertiary/aromatic N) is 2. The number of benzene rings is 1. The van der Waals surface area contributed by atoms with Crippen molar-refractivity contribution in [1.82, 2.24) is 15.1 Å². The number of anilines is 1. The first-order chi connectivity index (χ1) is 12.6. The SMILES string of the molecule is COc1ccc(NC(=O)N[C@H]2C[C@H]3C(=O)N4CCC[C@@H]4C(=O)N3C2)cc1. The van der Waals surface area contributed by atoms with Gasteiger partial charge in [0, 0.05) is 18.8 Å². The van der Waals surface area contributed by atoms with E-state index in [1.165, 1.54) is 0 Å². The molecule has 4 amide bonds. The highest BCUT2D eigenvalue weighted by Crippen LogP contribution is 2.32. The van der Waals surface area contributed by atoms with Gasteiger partial charge in [0.2, 0.25) is 11.8 Å². The Morgan fingerprint density at radius 1 is 1.12 bits per heavy atom. The highest BCUT2D eigenvalue weighted by molar-refractivity contribution is 5.98. The topological polar surface area (TPSA) is 91.0 Å². The zero-order valence-electron chi connectivity index (χ0n) is 14.6. The lowest BCUT2D eigenvalue weighted by atomic mass is 10.1. The van der Waals surface area contributed by atoms with Gasteiger partial charge >= 0.3 is 6.03 Å². The molecule has 4 rings (SSSR count). The van der Waals surface area contributed by atoms with Gasteiger partial charge in [-0.05, 0) is 43.5 Å². The first-order valence-corrected chi connectivity index (χ1v) is 8.89. The molecule has 3 fully saturated rings. The summed E-state index contributed by atoms with van der Waals surface area (Å²) in [5.74, 6) is 0.750. The van der Waals surface area contributed by atoms with Crippen LogP contribution in [0.4, 0.5) is 10.5 Å². The third kappa shape index (κ3) is 2.85. The molecule has 3 saturated heterocycles. The predicted molar refractivity (Wildman–Crippen MR) is 93.8 cm³/mol. The highest BCUT2D eigenvalue weighted by Gasteiger charge is 2.51. The molecule has 0 aliphatic carbocycles. The molecule has 0 unspecified atom stereocenters. The minimum absolute atomic E-state index is 0.0203. The molecule has 0 saturated carbocycles. The van der Waals surface area contributed by atoms with Crippen LogP contribution >= 0.6 is 0 Å². The van der Waals surface area contributed by atoms with Crippen LogP contribution in [0.5, 0.6) is 5.75 Å². The number of nitrogens with one attached hydrogen (secondary N) is 2. The average molecular weight is 358 g/mol. The van der Waals surface area contributed by atoms with E-state index < -0.39 is 6.04 Å². The second-order valence-electron chi connectivity index (χ2n) is 6.96. The van der Waals surface area contributed by atoms with Crippen LogP contribution in [0.25, 0.3) is 0 Å². The van der Waals surface area contributed by atoms with Gasteiger partial charge in [-0.2, -0.15) is 0 Å². The Kier molecular flexibility index (Phi) is 4.18. The van der Waals surface area contributed by atoms with Gasteiger partial charge in [-0.1, -0.05) is 0 Å². The van der Waals surface area contributed by atoms with Gasteiger partial charge < -0.3 is 25.2 Å². The fraction of sp³-hybridized carbons (Fsp3) is 0.500. The average Bonchev–Trinajstić information content (AvgIpc) is 3.28. The van der Waals surface area contributed by atoms with Crippen molar-refractivity contribution in [3.05, 3.63) is 24.3 Å². The number of methoxy groups -OCH3 is 1. The Morgan fingerprint density at radius 3 is 2.58 bits per heavy atom. The van der Waals surface area contributed by atoms with Crippen molar-refractivity contribution in [3.63, 3.8) is 0 Å². The van der Waals surface area contributed by atoms with Gasteiger partial charge in [0.15, 0.2) is 0 Å². The third-order valence-corrected chi connectivity index (χ3v) is 5.37. The van der Waals surface area contributed by atoms with Crippen molar-refractivity contribution in [2.45, 2.75) is 37.4 Å². The number of amides is 4. The van der Waals surface area contributed by atoms with Crippen LogP contribution in [0.1, 0.15) is 19.3 Å². The Morgan fingerprint density at radius 2 is 1.85 bits per heavy atom. The summed E-state index contributed by atoms with van der Waals surface area (Å²) in [6.45, 7) is 1.05. The number of hydrogen-bond acceptors (Lipinski definition) is 4. The number of ether oxygens (including phenoxy) is 1. The minimum Gasteiger partial charge on any atom is -0.497 e. The molecule has 138 valence electrons. The number of hydrogen-bond donors (Lipinski definition) is 2. The van der Waals surface area contributed by atoms with E-state index in [0.29, 0.717) is 30.9 Å². The van der Waals surface area contributed by atoms with E-state index in [-0.39, 0.29) is 29.9 Å². The molecular weight excluding hydrogens is 336 g/mol. The summed E-state index contributed by atoms with van der Waals surface area (Å²) in [5, 5.41) is 5.63. The quantitative estimate of drug-likeness (QED) is 0.836. The van der Waals surface area contributed by atoms with E-state index in [2.05, 4.69) is 10.6 Å². The first-order valence-electron chi connectivity index (χ1n) is 8.89. The molecule has 8 nitrogen and oxygen atoms in total. The lowest BCUT2D eigenvalue weighted by Gasteiger charge is -2.38. The van der Waals surface area contributed by atoms with Crippen LogP contribution in [0.15, 0.2) is 24.3 Å². The number of rotatable bonds is 3. The molecule has 3 heterocycles. The number of urea groups is 1. The van der Waals surface area contributed by atoms with Crippen molar-refractivity contribution in [3.8, 4) is 5.75 Å². The number of piperazine rings is 1. The van der Waals surface area contributed by atoms with Crippen molar-refractivity contribution in [2.24, 2.45) is 0 Å². The van der Waals surface area contributed by atoms with E-state index in [1.807, 2.05) is 0 Å².